The van der Waals surface area contributed by atoms with Crippen molar-refractivity contribution in [1.82, 2.24) is 4.90 Å². The van der Waals surface area contributed by atoms with Gasteiger partial charge in [-0.05, 0) is 36.9 Å². The van der Waals surface area contributed by atoms with Crippen molar-refractivity contribution in [2.75, 3.05) is 26.4 Å². The van der Waals surface area contributed by atoms with Crippen LogP contribution in [0.3, 0.4) is 0 Å². The molecule has 0 spiro atoms. The lowest BCUT2D eigenvalue weighted by Crippen LogP contribution is -2.41. The summed E-state index contributed by atoms with van der Waals surface area (Å²) in [5, 5.41) is 0.753. The summed E-state index contributed by atoms with van der Waals surface area (Å²) in [4.78, 5) is 17.9. The van der Waals surface area contributed by atoms with Crippen LogP contribution in [0.5, 0.6) is 0 Å². The monoisotopic (exact) mass is 462 g/mol. The number of alkyl halides is 1. The number of ether oxygens (including phenoxy) is 1. The van der Waals surface area contributed by atoms with Crippen LogP contribution < -0.4 is 5.46 Å². The van der Waals surface area contributed by atoms with Crippen molar-refractivity contribution in [3.8, 4) is 0 Å². The van der Waals surface area contributed by atoms with E-state index < -0.39 is 0 Å². The molecule has 1 aromatic rings. The maximum atomic E-state index is 11.5. The number of rotatable bonds is 10. The molecule has 1 saturated heterocycles. The molecule has 0 saturated carbocycles. The first-order chi connectivity index (χ1) is 14.0. The zero-order chi connectivity index (χ0) is 21.1. The SMILES string of the molecule is C=C(C)C(=O)OCCN(/C=C\C)/C=N/Cc1cc(CBr)cc(B2OCCCO2)c1. The van der Waals surface area contributed by atoms with Crippen molar-refractivity contribution in [2.24, 2.45) is 4.99 Å². The molecule has 1 fully saturated rings. The second kappa shape index (κ2) is 12.6. The molecule has 0 unspecified atom stereocenters. The summed E-state index contributed by atoms with van der Waals surface area (Å²) >= 11 is 3.53. The van der Waals surface area contributed by atoms with Crippen molar-refractivity contribution in [3.05, 3.63) is 53.8 Å². The van der Waals surface area contributed by atoms with Gasteiger partial charge in [-0.25, -0.2) is 4.79 Å². The molecule has 29 heavy (non-hydrogen) atoms. The van der Waals surface area contributed by atoms with Gasteiger partial charge >= 0.3 is 13.1 Å². The van der Waals surface area contributed by atoms with Crippen molar-refractivity contribution in [3.63, 3.8) is 0 Å². The summed E-state index contributed by atoms with van der Waals surface area (Å²) in [6, 6.07) is 6.29. The van der Waals surface area contributed by atoms with Crippen LogP contribution in [0.25, 0.3) is 0 Å². The molecule has 156 valence electrons. The molecule has 0 aromatic heterocycles. The first-order valence-corrected chi connectivity index (χ1v) is 10.8. The van der Waals surface area contributed by atoms with Crippen molar-refractivity contribution in [1.29, 1.82) is 0 Å². The van der Waals surface area contributed by atoms with Crippen molar-refractivity contribution in [2.45, 2.75) is 32.1 Å². The molecule has 0 aliphatic carbocycles. The van der Waals surface area contributed by atoms with Crippen molar-refractivity contribution < 1.29 is 18.8 Å². The molecular weight excluding hydrogens is 435 g/mol. The quantitative estimate of drug-likeness (QED) is 0.133. The molecule has 0 N–H and O–H groups in total. The minimum atomic E-state index is -0.381. The van der Waals surface area contributed by atoms with Crippen LogP contribution in [0.2, 0.25) is 0 Å². The smallest absolute Gasteiger partial charge is 0.460 e. The molecule has 0 atom stereocenters. The zero-order valence-electron chi connectivity index (χ0n) is 17.1. The number of allylic oxidation sites excluding steroid dienone is 1. The second-order valence-electron chi connectivity index (χ2n) is 6.74. The van der Waals surface area contributed by atoms with Crippen LogP contribution in [0.1, 0.15) is 31.4 Å². The Morgan fingerprint density at radius 3 is 2.72 bits per heavy atom. The topological polar surface area (TPSA) is 60.4 Å². The molecule has 0 bridgehead atoms. The average Bonchev–Trinajstić information content (AvgIpc) is 2.74. The molecule has 1 heterocycles. The molecule has 1 aliphatic rings. The second-order valence-corrected chi connectivity index (χ2v) is 7.30. The Morgan fingerprint density at radius 2 is 2.07 bits per heavy atom. The third-order valence-electron chi connectivity index (χ3n) is 4.10. The van der Waals surface area contributed by atoms with Gasteiger partial charge in [0.05, 0.1) is 19.4 Å². The molecule has 6 nitrogen and oxygen atoms in total. The lowest BCUT2D eigenvalue weighted by Gasteiger charge is -2.21. The number of carbonyl (C=O) groups is 1. The fourth-order valence-electron chi connectivity index (χ4n) is 2.76. The van der Waals surface area contributed by atoms with E-state index in [-0.39, 0.29) is 19.7 Å². The van der Waals surface area contributed by atoms with Gasteiger partial charge in [-0.2, -0.15) is 0 Å². The fourth-order valence-corrected chi connectivity index (χ4v) is 3.08. The third-order valence-corrected chi connectivity index (χ3v) is 4.75. The van der Waals surface area contributed by atoms with Crippen LogP contribution in [0.4, 0.5) is 0 Å². The van der Waals surface area contributed by atoms with Crippen LogP contribution in [-0.4, -0.2) is 50.7 Å². The minimum absolute atomic E-state index is 0.266. The Balaban J connectivity index is 1.98. The molecule has 8 heteroatoms. The van der Waals surface area contributed by atoms with E-state index in [4.69, 9.17) is 14.0 Å². The highest BCUT2D eigenvalue weighted by Crippen LogP contribution is 2.11. The average molecular weight is 463 g/mol. The van der Waals surface area contributed by atoms with E-state index in [2.05, 4.69) is 45.7 Å². The Bertz CT molecular complexity index is 748. The van der Waals surface area contributed by atoms with Crippen LogP contribution in [0.15, 0.2) is 47.6 Å². The van der Waals surface area contributed by atoms with Gasteiger partial charge in [-0.3, -0.25) is 4.99 Å². The molecule has 1 aromatic carbocycles. The van der Waals surface area contributed by atoms with Crippen LogP contribution in [-0.2, 0) is 30.7 Å². The van der Waals surface area contributed by atoms with Crippen LogP contribution >= 0.6 is 15.9 Å². The Hall–Kier alpha value is -1.90. The molecular formula is C21H28BBrN2O4. The third kappa shape index (κ3) is 8.16. The van der Waals surface area contributed by atoms with Gasteiger partial charge in [0.2, 0.25) is 0 Å². The van der Waals surface area contributed by atoms with Gasteiger partial charge in [0.25, 0.3) is 0 Å². The van der Waals surface area contributed by atoms with Gasteiger partial charge in [0.1, 0.15) is 6.61 Å². The molecule has 0 amide bonds. The van der Waals surface area contributed by atoms with E-state index in [0.717, 1.165) is 28.3 Å². The van der Waals surface area contributed by atoms with Gasteiger partial charge in [-0.15, -0.1) is 0 Å². The number of hydrogen-bond acceptors (Lipinski definition) is 5. The predicted molar refractivity (Wildman–Crippen MR) is 120 cm³/mol. The van der Waals surface area contributed by atoms with Gasteiger partial charge in [0.15, 0.2) is 0 Å². The molecule has 1 aliphatic heterocycles. The van der Waals surface area contributed by atoms with E-state index in [1.807, 2.05) is 24.1 Å². The normalized spacial score (nSPS) is 14.5. The number of aliphatic imine (C=N–C) groups is 1. The summed E-state index contributed by atoms with van der Waals surface area (Å²) in [6.07, 6.45) is 6.48. The van der Waals surface area contributed by atoms with Gasteiger partial charge in [-0.1, -0.05) is 46.8 Å². The number of benzene rings is 1. The van der Waals surface area contributed by atoms with Crippen LogP contribution in [0, 0.1) is 0 Å². The number of esters is 1. The summed E-state index contributed by atoms with van der Waals surface area (Å²) in [5.74, 6) is -0.381. The lowest BCUT2D eigenvalue weighted by molar-refractivity contribution is -0.139. The Morgan fingerprint density at radius 1 is 1.34 bits per heavy atom. The predicted octanol–water partition coefficient (Wildman–Crippen LogP) is 3.20. The first kappa shape index (κ1) is 23.4. The molecule has 0 radical (unpaired) electrons. The Labute approximate surface area is 181 Å². The van der Waals surface area contributed by atoms with E-state index in [1.54, 1.807) is 13.3 Å². The van der Waals surface area contributed by atoms with Gasteiger partial charge in [0, 0.05) is 30.3 Å². The highest BCUT2D eigenvalue weighted by atomic mass is 79.9. The highest BCUT2D eigenvalue weighted by Gasteiger charge is 2.25. The maximum Gasteiger partial charge on any atom is 0.493 e. The number of carbonyl (C=O) groups excluding carboxylic acids is 1. The number of hydrogen-bond donors (Lipinski definition) is 0. The minimum Gasteiger partial charge on any atom is -0.460 e. The number of nitrogens with zero attached hydrogens (tertiary/aromatic N) is 2. The Kier molecular flexibility index (Phi) is 10.2. The summed E-state index contributed by atoms with van der Waals surface area (Å²) < 4.78 is 16.6. The summed E-state index contributed by atoms with van der Waals surface area (Å²) in [7, 11) is -0.312. The van der Waals surface area contributed by atoms with Gasteiger partial charge < -0.3 is 18.9 Å². The number of halogens is 1. The van der Waals surface area contributed by atoms with E-state index in [1.165, 1.54) is 0 Å². The summed E-state index contributed by atoms with van der Waals surface area (Å²) in [5.41, 5.74) is 3.65. The summed E-state index contributed by atoms with van der Waals surface area (Å²) in [6.45, 7) is 9.87. The van der Waals surface area contributed by atoms with E-state index >= 15 is 0 Å². The first-order valence-electron chi connectivity index (χ1n) is 9.66. The maximum absolute atomic E-state index is 11.5. The largest absolute Gasteiger partial charge is 0.493 e. The standard InChI is InChI=1S/C21H28BBrN2O4/c1-4-6-25(7-10-27-21(26)17(2)3)16-24-15-19-11-18(14-23)12-20(13-19)22-28-8-5-9-29-22/h4,6,11-13,16H,2,5,7-10,14-15H2,1,3H3/b6-4-,24-16+. The van der Waals surface area contributed by atoms with E-state index in [0.29, 0.717) is 31.9 Å². The zero-order valence-corrected chi connectivity index (χ0v) is 18.7. The highest BCUT2D eigenvalue weighted by molar-refractivity contribution is 9.08. The fraction of sp³-hybridized carbons (Fsp3) is 0.429. The molecule has 2 rings (SSSR count). The van der Waals surface area contributed by atoms with E-state index in [9.17, 15) is 4.79 Å². The van der Waals surface area contributed by atoms with Crippen molar-refractivity contribution >= 4 is 40.8 Å². The lowest BCUT2D eigenvalue weighted by atomic mass is 9.76.